The molecule has 8 heteroatoms. The van der Waals surface area contributed by atoms with Crippen LogP contribution in [0.2, 0.25) is 0 Å². The van der Waals surface area contributed by atoms with E-state index in [4.69, 9.17) is 4.42 Å². The van der Waals surface area contributed by atoms with Crippen LogP contribution in [0.4, 0.5) is 5.69 Å². The van der Waals surface area contributed by atoms with E-state index in [0.29, 0.717) is 17.5 Å². The average molecular weight is 420 g/mol. The van der Waals surface area contributed by atoms with Crippen LogP contribution in [-0.2, 0) is 11.3 Å². The second-order valence-electron chi connectivity index (χ2n) is 6.92. The molecular weight excluding hydrogens is 398 g/mol. The summed E-state index contributed by atoms with van der Waals surface area (Å²) in [5.74, 6) is 1.61. The van der Waals surface area contributed by atoms with E-state index in [-0.39, 0.29) is 11.7 Å². The fourth-order valence-corrected chi connectivity index (χ4v) is 3.92. The first-order chi connectivity index (χ1) is 14.6. The third-order valence-electron chi connectivity index (χ3n) is 4.39. The van der Waals surface area contributed by atoms with Gasteiger partial charge in [-0.25, -0.2) is 0 Å². The Labute approximate surface area is 178 Å². The SMILES string of the molecule is Cc1cc(C)cc(NC(=O)CSc2nnc(-c3ccncc3)n2Cc2ccco2)c1. The van der Waals surface area contributed by atoms with E-state index in [9.17, 15) is 4.79 Å². The molecule has 0 saturated carbocycles. The van der Waals surface area contributed by atoms with Crippen molar-refractivity contribution in [3.05, 3.63) is 78.0 Å². The molecule has 1 N–H and O–H groups in total. The summed E-state index contributed by atoms with van der Waals surface area (Å²) in [5, 5.41) is 12.3. The summed E-state index contributed by atoms with van der Waals surface area (Å²) in [7, 11) is 0. The molecule has 3 heterocycles. The van der Waals surface area contributed by atoms with Crippen LogP contribution in [0, 0.1) is 13.8 Å². The highest BCUT2D eigenvalue weighted by atomic mass is 32.2. The number of rotatable bonds is 7. The van der Waals surface area contributed by atoms with Gasteiger partial charge < -0.3 is 9.73 Å². The number of hydrogen-bond donors (Lipinski definition) is 1. The number of carbonyl (C=O) groups excluding carboxylic acids is 1. The Kier molecular flexibility index (Phi) is 5.94. The van der Waals surface area contributed by atoms with Gasteiger partial charge in [0.05, 0.1) is 18.6 Å². The van der Waals surface area contributed by atoms with E-state index in [0.717, 1.165) is 28.1 Å². The fraction of sp³-hybridized carbons (Fsp3) is 0.182. The van der Waals surface area contributed by atoms with Crippen LogP contribution in [0.5, 0.6) is 0 Å². The third kappa shape index (κ3) is 4.77. The molecule has 7 nitrogen and oxygen atoms in total. The number of furan rings is 1. The first-order valence-corrected chi connectivity index (χ1v) is 10.4. The highest BCUT2D eigenvalue weighted by Gasteiger charge is 2.17. The monoisotopic (exact) mass is 419 g/mol. The minimum atomic E-state index is -0.0944. The summed E-state index contributed by atoms with van der Waals surface area (Å²) >= 11 is 1.34. The molecule has 0 unspecified atom stereocenters. The molecule has 0 radical (unpaired) electrons. The first-order valence-electron chi connectivity index (χ1n) is 9.45. The summed E-state index contributed by atoms with van der Waals surface area (Å²) < 4.78 is 7.45. The Morgan fingerprint density at radius 2 is 1.87 bits per heavy atom. The zero-order chi connectivity index (χ0) is 20.9. The van der Waals surface area contributed by atoms with Crippen LogP contribution in [0.25, 0.3) is 11.4 Å². The predicted octanol–water partition coefficient (Wildman–Crippen LogP) is 4.33. The second-order valence-corrected chi connectivity index (χ2v) is 7.86. The highest BCUT2D eigenvalue weighted by Crippen LogP contribution is 2.25. The van der Waals surface area contributed by atoms with Gasteiger partial charge in [0.25, 0.3) is 0 Å². The van der Waals surface area contributed by atoms with Gasteiger partial charge >= 0.3 is 0 Å². The Balaban J connectivity index is 1.52. The van der Waals surface area contributed by atoms with Gasteiger partial charge in [0.1, 0.15) is 5.76 Å². The standard InChI is InChI=1S/C22H21N5O2S/c1-15-10-16(2)12-18(11-15)24-20(28)14-30-22-26-25-21(17-5-7-23-8-6-17)27(22)13-19-4-3-9-29-19/h3-12H,13-14H2,1-2H3,(H,24,28). The largest absolute Gasteiger partial charge is 0.467 e. The smallest absolute Gasteiger partial charge is 0.234 e. The number of hydrogen-bond acceptors (Lipinski definition) is 6. The number of amides is 1. The molecule has 30 heavy (non-hydrogen) atoms. The summed E-state index contributed by atoms with van der Waals surface area (Å²) in [6.45, 7) is 4.49. The molecule has 0 atom stereocenters. The van der Waals surface area contributed by atoms with Crippen LogP contribution < -0.4 is 5.32 Å². The van der Waals surface area contributed by atoms with Gasteiger partial charge in [-0.15, -0.1) is 10.2 Å². The van der Waals surface area contributed by atoms with Gasteiger partial charge in [0.15, 0.2) is 11.0 Å². The summed E-state index contributed by atoms with van der Waals surface area (Å²) in [4.78, 5) is 16.6. The van der Waals surface area contributed by atoms with Crippen molar-refractivity contribution in [2.75, 3.05) is 11.1 Å². The number of carbonyl (C=O) groups is 1. The summed E-state index contributed by atoms with van der Waals surface area (Å²) in [5.41, 5.74) is 3.92. The Morgan fingerprint density at radius 3 is 2.57 bits per heavy atom. The van der Waals surface area contributed by atoms with Gasteiger partial charge in [-0.05, 0) is 61.4 Å². The van der Waals surface area contributed by atoms with Crippen LogP contribution in [0.15, 0.2) is 70.7 Å². The Morgan fingerprint density at radius 1 is 1.10 bits per heavy atom. The number of nitrogens with one attached hydrogen (secondary N) is 1. The normalized spacial score (nSPS) is 10.9. The molecule has 1 aromatic carbocycles. The molecule has 0 fully saturated rings. The number of nitrogens with zero attached hydrogens (tertiary/aromatic N) is 4. The van der Waals surface area contributed by atoms with Crippen molar-refractivity contribution in [1.29, 1.82) is 0 Å². The van der Waals surface area contributed by atoms with Gasteiger partial charge in [-0.1, -0.05) is 17.8 Å². The van der Waals surface area contributed by atoms with Crippen LogP contribution in [-0.4, -0.2) is 31.4 Å². The van der Waals surface area contributed by atoms with Gasteiger partial charge in [-0.3, -0.25) is 14.3 Å². The van der Waals surface area contributed by atoms with Crippen molar-refractivity contribution in [2.24, 2.45) is 0 Å². The molecule has 4 aromatic rings. The molecule has 0 aliphatic heterocycles. The predicted molar refractivity (Wildman–Crippen MR) is 116 cm³/mol. The van der Waals surface area contributed by atoms with Crippen molar-refractivity contribution in [2.45, 2.75) is 25.5 Å². The van der Waals surface area contributed by atoms with Crippen molar-refractivity contribution in [3.63, 3.8) is 0 Å². The van der Waals surface area contributed by atoms with E-state index in [2.05, 4.69) is 26.6 Å². The molecule has 0 saturated heterocycles. The van der Waals surface area contributed by atoms with E-state index in [1.165, 1.54) is 11.8 Å². The highest BCUT2D eigenvalue weighted by molar-refractivity contribution is 7.99. The third-order valence-corrected chi connectivity index (χ3v) is 5.35. The molecule has 0 aliphatic carbocycles. The number of benzene rings is 1. The number of anilines is 1. The molecule has 1 amide bonds. The molecule has 152 valence electrons. The van der Waals surface area contributed by atoms with Gasteiger partial charge in [-0.2, -0.15) is 0 Å². The first kappa shape index (κ1) is 19.9. The quantitative estimate of drug-likeness (QED) is 0.449. The maximum absolute atomic E-state index is 12.5. The molecule has 4 rings (SSSR count). The minimum Gasteiger partial charge on any atom is -0.467 e. The maximum Gasteiger partial charge on any atom is 0.234 e. The van der Waals surface area contributed by atoms with Crippen molar-refractivity contribution < 1.29 is 9.21 Å². The number of aryl methyl sites for hydroxylation is 2. The van der Waals surface area contributed by atoms with Crippen LogP contribution >= 0.6 is 11.8 Å². The minimum absolute atomic E-state index is 0.0944. The summed E-state index contributed by atoms with van der Waals surface area (Å²) in [6, 6.07) is 13.5. The van der Waals surface area contributed by atoms with E-state index >= 15 is 0 Å². The lowest BCUT2D eigenvalue weighted by Crippen LogP contribution is -2.15. The van der Waals surface area contributed by atoms with Crippen LogP contribution in [0.3, 0.4) is 0 Å². The van der Waals surface area contributed by atoms with Crippen molar-refractivity contribution >= 4 is 23.4 Å². The second kappa shape index (κ2) is 8.96. The van der Waals surface area contributed by atoms with E-state index in [1.54, 1.807) is 18.7 Å². The number of thioether (sulfide) groups is 1. The lowest BCUT2D eigenvalue weighted by Gasteiger charge is -2.10. The van der Waals surface area contributed by atoms with Crippen molar-refractivity contribution in [1.82, 2.24) is 19.7 Å². The average Bonchev–Trinajstić information content (AvgIpc) is 3.37. The molecule has 0 aliphatic rings. The molecule has 3 aromatic heterocycles. The zero-order valence-electron chi connectivity index (χ0n) is 16.7. The summed E-state index contributed by atoms with van der Waals surface area (Å²) in [6.07, 6.45) is 5.06. The lowest BCUT2D eigenvalue weighted by atomic mass is 10.1. The molecule has 0 bridgehead atoms. The van der Waals surface area contributed by atoms with Gasteiger partial charge in [0, 0.05) is 23.6 Å². The van der Waals surface area contributed by atoms with E-state index in [1.807, 2.05) is 54.8 Å². The van der Waals surface area contributed by atoms with E-state index < -0.39 is 0 Å². The van der Waals surface area contributed by atoms with Crippen molar-refractivity contribution in [3.8, 4) is 11.4 Å². The topological polar surface area (TPSA) is 85.8 Å². The molecular formula is C22H21N5O2S. The lowest BCUT2D eigenvalue weighted by molar-refractivity contribution is -0.113. The molecule has 0 spiro atoms. The zero-order valence-corrected chi connectivity index (χ0v) is 17.5. The maximum atomic E-state index is 12.5. The van der Waals surface area contributed by atoms with Gasteiger partial charge in [0.2, 0.25) is 5.91 Å². The fourth-order valence-electron chi connectivity index (χ4n) is 3.18. The van der Waals surface area contributed by atoms with Crippen LogP contribution in [0.1, 0.15) is 16.9 Å². The number of aromatic nitrogens is 4. The number of pyridine rings is 1. The Bertz CT molecular complexity index is 1120. The Hall–Kier alpha value is -3.39.